The zero-order valence-corrected chi connectivity index (χ0v) is 11.5. The van der Waals surface area contributed by atoms with Gasteiger partial charge in [0.05, 0.1) is 12.8 Å². The van der Waals surface area contributed by atoms with Crippen molar-refractivity contribution in [2.24, 2.45) is 0 Å². The molecule has 1 saturated carbocycles. The minimum absolute atomic E-state index is 0.145. The van der Waals surface area contributed by atoms with E-state index in [1.807, 2.05) is 6.92 Å². The number of anilines is 1. The highest BCUT2D eigenvalue weighted by atomic mass is 35.5. The van der Waals surface area contributed by atoms with E-state index >= 15 is 0 Å². The van der Waals surface area contributed by atoms with Crippen LogP contribution in [-0.2, 0) is 9.59 Å². The van der Waals surface area contributed by atoms with Crippen molar-refractivity contribution in [3.8, 4) is 5.75 Å². The highest BCUT2D eigenvalue weighted by molar-refractivity contribution is 6.40. The fourth-order valence-electron chi connectivity index (χ4n) is 1.59. The van der Waals surface area contributed by atoms with E-state index in [-0.39, 0.29) is 6.04 Å². The Labute approximate surface area is 116 Å². The summed E-state index contributed by atoms with van der Waals surface area (Å²) in [5.74, 6) is -0.910. The number of benzene rings is 1. The first-order chi connectivity index (χ1) is 9.01. The van der Waals surface area contributed by atoms with Crippen LogP contribution in [0.4, 0.5) is 5.69 Å². The van der Waals surface area contributed by atoms with Crippen LogP contribution in [0.25, 0.3) is 0 Å². The van der Waals surface area contributed by atoms with Crippen LogP contribution < -0.4 is 15.4 Å². The Balaban J connectivity index is 2.10. The van der Waals surface area contributed by atoms with Crippen LogP contribution in [0.2, 0.25) is 5.02 Å². The first kappa shape index (κ1) is 13.7. The van der Waals surface area contributed by atoms with E-state index in [0.717, 1.165) is 18.4 Å². The standard InChI is InChI=1S/C13H15ClN2O3/c1-7-5-10(11(19-2)6-9(7)14)16-13(18)12(17)15-8-3-4-8/h5-6,8H,3-4H2,1-2H3,(H,15,17)(H,16,18). The van der Waals surface area contributed by atoms with Crippen LogP contribution in [0, 0.1) is 6.92 Å². The zero-order valence-electron chi connectivity index (χ0n) is 10.7. The van der Waals surface area contributed by atoms with Crippen LogP contribution in [0.15, 0.2) is 12.1 Å². The van der Waals surface area contributed by atoms with Crippen molar-refractivity contribution in [2.75, 3.05) is 12.4 Å². The summed E-state index contributed by atoms with van der Waals surface area (Å²) in [7, 11) is 1.47. The lowest BCUT2D eigenvalue weighted by Crippen LogP contribution is -2.36. The van der Waals surface area contributed by atoms with Crippen molar-refractivity contribution in [3.05, 3.63) is 22.7 Å². The van der Waals surface area contributed by atoms with E-state index in [4.69, 9.17) is 16.3 Å². The molecule has 2 rings (SSSR count). The van der Waals surface area contributed by atoms with Crippen LogP contribution in [0.3, 0.4) is 0 Å². The maximum Gasteiger partial charge on any atom is 0.313 e. The number of rotatable bonds is 3. The number of aryl methyl sites for hydroxylation is 1. The van der Waals surface area contributed by atoms with Gasteiger partial charge in [-0.15, -0.1) is 0 Å². The van der Waals surface area contributed by atoms with Gasteiger partial charge in [-0.05, 0) is 31.4 Å². The monoisotopic (exact) mass is 282 g/mol. The Hall–Kier alpha value is -1.75. The smallest absolute Gasteiger partial charge is 0.313 e. The molecule has 5 nitrogen and oxygen atoms in total. The molecule has 0 unspecified atom stereocenters. The topological polar surface area (TPSA) is 67.4 Å². The number of halogens is 1. The quantitative estimate of drug-likeness (QED) is 0.832. The number of hydrogen-bond acceptors (Lipinski definition) is 3. The molecule has 0 aromatic heterocycles. The van der Waals surface area contributed by atoms with E-state index in [9.17, 15) is 9.59 Å². The highest BCUT2D eigenvalue weighted by Crippen LogP contribution is 2.30. The van der Waals surface area contributed by atoms with Crippen molar-refractivity contribution in [3.63, 3.8) is 0 Å². The SMILES string of the molecule is COc1cc(Cl)c(C)cc1NC(=O)C(=O)NC1CC1. The number of nitrogens with one attached hydrogen (secondary N) is 2. The molecule has 0 saturated heterocycles. The lowest BCUT2D eigenvalue weighted by Gasteiger charge is -2.12. The van der Waals surface area contributed by atoms with Gasteiger partial charge in [0, 0.05) is 17.1 Å². The van der Waals surface area contributed by atoms with Crippen LogP contribution >= 0.6 is 11.6 Å². The largest absolute Gasteiger partial charge is 0.495 e. The summed E-state index contributed by atoms with van der Waals surface area (Å²) in [6.45, 7) is 1.81. The number of methoxy groups -OCH3 is 1. The van der Waals surface area contributed by atoms with E-state index in [0.29, 0.717) is 16.5 Å². The van der Waals surface area contributed by atoms with Gasteiger partial charge in [-0.2, -0.15) is 0 Å². The van der Waals surface area contributed by atoms with Crippen LogP contribution in [0.1, 0.15) is 18.4 Å². The number of hydrogen-bond donors (Lipinski definition) is 2. The molecule has 6 heteroatoms. The summed E-state index contributed by atoms with van der Waals surface area (Å²) in [6, 6.07) is 3.42. The van der Waals surface area contributed by atoms with Gasteiger partial charge in [0.25, 0.3) is 0 Å². The number of carbonyl (C=O) groups excluding carboxylic acids is 2. The maximum atomic E-state index is 11.7. The molecule has 1 fully saturated rings. The van der Waals surface area contributed by atoms with E-state index in [1.54, 1.807) is 12.1 Å². The Morgan fingerprint density at radius 2 is 2.00 bits per heavy atom. The van der Waals surface area contributed by atoms with E-state index in [2.05, 4.69) is 10.6 Å². The molecule has 19 heavy (non-hydrogen) atoms. The molecule has 1 aromatic carbocycles. The predicted octanol–water partition coefficient (Wildman–Crippen LogP) is 1.87. The molecule has 1 aromatic rings. The third kappa shape index (κ3) is 3.38. The van der Waals surface area contributed by atoms with Crippen LogP contribution in [-0.4, -0.2) is 25.0 Å². The second-order valence-electron chi connectivity index (χ2n) is 4.50. The first-order valence-corrected chi connectivity index (χ1v) is 6.35. The summed E-state index contributed by atoms with van der Waals surface area (Å²) in [4.78, 5) is 23.3. The second-order valence-corrected chi connectivity index (χ2v) is 4.91. The minimum atomic E-state index is -0.702. The van der Waals surface area contributed by atoms with Crippen molar-refractivity contribution < 1.29 is 14.3 Å². The number of amides is 2. The van der Waals surface area contributed by atoms with Gasteiger partial charge in [-0.1, -0.05) is 11.6 Å². The summed E-state index contributed by atoms with van der Waals surface area (Å²) < 4.78 is 5.12. The molecule has 0 heterocycles. The van der Waals surface area contributed by atoms with Gasteiger partial charge in [0.15, 0.2) is 0 Å². The lowest BCUT2D eigenvalue weighted by molar-refractivity contribution is -0.136. The fraction of sp³-hybridized carbons (Fsp3) is 0.385. The Kier molecular flexibility index (Phi) is 3.95. The summed E-state index contributed by atoms with van der Waals surface area (Å²) in [6.07, 6.45) is 1.87. The van der Waals surface area contributed by atoms with Gasteiger partial charge < -0.3 is 15.4 Å². The second kappa shape index (κ2) is 5.48. The van der Waals surface area contributed by atoms with Gasteiger partial charge in [-0.25, -0.2) is 0 Å². The average Bonchev–Trinajstić information content (AvgIpc) is 3.17. The molecule has 0 radical (unpaired) electrons. The molecule has 1 aliphatic carbocycles. The highest BCUT2D eigenvalue weighted by Gasteiger charge is 2.26. The molecule has 2 amide bonds. The van der Waals surface area contributed by atoms with Gasteiger partial charge in [-0.3, -0.25) is 9.59 Å². The molecular weight excluding hydrogens is 268 g/mol. The fourth-order valence-corrected chi connectivity index (χ4v) is 1.74. The van der Waals surface area contributed by atoms with Crippen molar-refractivity contribution in [1.82, 2.24) is 5.32 Å². The summed E-state index contributed by atoms with van der Waals surface area (Å²) in [5.41, 5.74) is 1.22. The van der Waals surface area contributed by atoms with Crippen molar-refractivity contribution in [2.45, 2.75) is 25.8 Å². The minimum Gasteiger partial charge on any atom is -0.495 e. The molecule has 102 valence electrons. The molecule has 0 spiro atoms. The molecule has 2 N–H and O–H groups in total. The van der Waals surface area contributed by atoms with E-state index in [1.165, 1.54) is 7.11 Å². The van der Waals surface area contributed by atoms with Gasteiger partial charge in [0.1, 0.15) is 5.75 Å². The summed E-state index contributed by atoms with van der Waals surface area (Å²) in [5, 5.41) is 5.69. The average molecular weight is 283 g/mol. The lowest BCUT2D eigenvalue weighted by atomic mass is 10.2. The molecular formula is C13H15ClN2O3. The normalized spacial score (nSPS) is 13.8. The van der Waals surface area contributed by atoms with Crippen molar-refractivity contribution in [1.29, 1.82) is 0 Å². The predicted molar refractivity (Wildman–Crippen MR) is 72.5 cm³/mol. The van der Waals surface area contributed by atoms with Crippen molar-refractivity contribution >= 4 is 29.1 Å². The number of carbonyl (C=O) groups is 2. The Morgan fingerprint density at radius 1 is 1.32 bits per heavy atom. The van der Waals surface area contributed by atoms with Gasteiger partial charge >= 0.3 is 11.8 Å². The Bertz CT molecular complexity index is 527. The Morgan fingerprint density at radius 3 is 2.58 bits per heavy atom. The molecule has 0 bridgehead atoms. The van der Waals surface area contributed by atoms with Gasteiger partial charge in [0.2, 0.25) is 0 Å². The first-order valence-electron chi connectivity index (χ1n) is 5.97. The maximum absolute atomic E-state index is 11.7. The number of ether oxygens (including phenoxy) is 1. The zero-order chi connectivity index (χ0) is 14.0. The third-order valence-corrected chi connectivity index (χ3v) is 3.25. The summed E-state index contributed by atoms with van der Waals surface area (Å²) >= 11 is 5.97. The molecule has 0 atom stereocenters. The molecule has 0 aliphatic heterocycles. The van der Waals surface area contributed by atoms with E-state index < -0.39 is 11.8 Å². The third-order valence-electron chi connectivity index (χ3n) is 2.85. The molecule has 1 aliphatic rings. The van der Waals surface area contributed by atoms with Crippen LogP contribution in [0.5, 0.6) is 5.75 Å².